The molecule has 1 heterocycles. The molecular formula is C10H12Se. The molecule has 11 heavy (non-hydrogen) atoms. The van der Waals surface area contributed by atoms with Crippen LogP contribution in [0.15, 0.2) is 30.3 Å². The molecule has 1 aliphatic rings. The van der Waals surface area contributed by atoms with E-state index in [1.54, 1.807) is 5.56 Å². The van der Waals surface area contributed by atoms with Gasteiger partial charge in [0.15, 0.2) is 0 Å². The summed E-state index contributed by atoms with van der Waals surface area (Å²) in [6.07, 6.45) is 0. The molecule has 58 valence electrons. The Labute approximate surface area is 74.2 Å². The monoisotopic (exact) mass is 212 g/mol. The van der Waals surface area contributed by atoms with Gasteiger partial charge in [-0.2, -0.15) is 0 Å². The van der Waals surface area contributed by atoms with Crippen molar-refractivity contribution in [2.24, 2.45) is 5.92 Å². The summed E-state index contributed by atoms with van der Waals surface area (Å²) in [5.41, 5.74) is 1.56. The predicted molar refractivity (Wildman–Crippen MR) is 48.9 cm³/mol. The molecule has 0 amide bonds. The second-order valence-corrected chi connectivity index (χ2v) is 5.61. The van der Waals surface area contributed by atoms with Gasteiger partial charge in [-0.15, -0.1) is 0 Å². The summed E-state index contributed by atoms with van der Waals surface area (Å²) >= 11 is 0.890. The molecule has 1 fully saturated rings. The first kappa shape index (κ1) is 7.39. The van der Waals surface area contributed by atoms with Gasteiger partial charge in [0, 0.05) is 0 Å². The van der Waals surface area contributed by atoms with E-state index in [4.69, 9.17) is 0 Å². The molecule has 0 unspecified atom stereocenters. The molecule has 0 aromatic heterocycles. The van der Waals surface area contributed by atoms with Gasteiger partial charge in [-0.1, -0.05) is 0 Å². The van der Waals surface area contributed by atoms with Crippen LogP contribution >= 0.6 is 0 Å². The minimum atomic E-state index is 0.890. The van der Waals surface area contributed by atoms with Crippen LogP contribution in [0.1, 0.15) is 17.3 Å². The van der Waals surface area contributed by atoms with Gasteiger partial charge >= 0.3 is 73.8 Å². The van der Waals surface area contributed by atoms with E-state index in [0.29, 0.717) is 0 Å². The Bertz CT molecular complexity index is 230. The standard InChI is InChI=1S/C10H12Se/c1-8-7-11-10(8)9-5-3-2-4-6-9/h2-6,8,10H,7H2,1H3/t8-,10-/m1/s1. The fourth-order valence-corrected chi connectivity index (χ4v) is 3.80. The molecule has 0 N–H and O–H groups in total. The number of hydrogen-bond acceptors (Lipinski definition) is 0. The predicted octanol–water partition coefficient (Wildman–Crippen LogP) is 2.50. The van der Waals surface area contributed by atoms with Gasteiger partial charge in [0.2, 0.25) is 0 Å². The van der Waals surface area contributed by atoms with E-state index in [2.05, 4.69) is 37.3 Å². The maximum atomic E-state index is 2.36. The summed E-state index contributed by atoms with van der Waals surface area (Å²) in [6.45, 7) is 2.36. The summed E-state index contributed by atoms with van der Waals surface area (Å²) in [5, 5.41) is 1.48. The van der Waals surface area contributed by atoms with E-state index in [9.17, 15) is 0 Å². The summed E-state index contributed by atoms with van der Waals surface area (Å²) < 4.78 is 0. The first-order valence-electron chi connectivity index (χ1n) is 4.04. The summed E-state index contributed by atoms with van der Waals surface area (Å²) in [5.74, 6) is 0.942. The fourth-order valence-electron chi connectivity index (χ4n) is 1.45. The molecule has 1 aromatic carbocycles. The molecule has 2 atom stereocenters. The maximum absolute atomic E-state index is 2.36. The van der Waals surface area contributed by atoms with Gasteiger partial charge in [-0.25, -0.2) is 0 Å². The van der Waals surface area contributed by atoms with Crippen LogP contribution in [0, 0.1) is 5.92 Å². The molecule has 1 aliphatic heterocycles. The van der Waals surface area contributed by atoms with Crippen LogP contribution in [-0.2, 0) is 0 Å². The minimum absolute atomic E-state index is 0.890. The van der Waals surface area contributed by atoms with E-state index in [0.717, 1.165) is 25.7 Å². The summed E-state index contributed by atoms with van der Waals surface area (Å²) in [6, 6.07) is 10.9. The topological polar surface area (TPSA) is 0 Å². The third-order valence-corrected chi connectivity index (χ3v) is 5.99. The Hall–Kier alpha value is -0.261. The first-order chi connectivity index (χ1) is 5.38. The second-order valence-electron chi connectivity index (χ2n) is 3.14. The van der Waals surface area contributed by atoms with Gasteiger partial charge in [-0.05, 0) is 0 Å². The zero-order valence-electron chi connectivity index (χ0n) is 6.66. The molecule has 1 aromatic rings. The Morgan fingerprint density at radius 1 is 1.27 bits per heavy atom. The first-order valence-corrected chi connectivity index (χ1v) is 6.24. The van der Waals surface area contributed by atoms with Crippen LogP contribution in [0.25, 0.3) is 0 Å². The Morgan fingerprint density at radius 3 is 2.45 bits per heavy atom. The van der Waals surface area contributed by atoms with Crippen molar-refractivity contribution >= 4 is 15.0 Å². The van der Waals surface area contributed by atoms with Crippen molar-refractivity contribution in [2.75, 3.05) is 0 Å². The molecule has 0 radical (unpaired) electrons. The fraction of sp³-hybridized carbons (Fsp3) is 0.400. The summed E-state index contributed by atoms with van der Waals surface area (Å²) in [7, 11) is 0. The van der Waals surface area contributed by atoms with Crippen molar-refractivity contribution in [2.45, 2.75) is 17.1 Å². The van der Waals surface area contributed by atoms with Gasteiger partial charge < -0.3 is 0 Å². The van der Waals surface area contributed by atoms with E-state index in [1.165, 1.54) is 5.32 Å². The van der Waals surface area contributed by atoms with Gasteiger partial charge in [0.25, 0.3) is 0 Å². The van der Waals surface area contributed by atoms with Gasteiger partial charge in [-0.3, -0.25) is 0 Å². The zero-order chi connectivity index (χ0) is 7.68. The SMILES string of the molecule is C[C@@H]1C[Se][C@H]1c1ccccc1. The normalized spacial score (nSPS) is 29.5. The van der Waals surface area contributed by atoms with Crippen LogP contribution in [-0.4, -0.2) is 15.0 Å². The van der Waals surface area contributed by atoms with Crippen molar-refractivity contribution in [1.82, 2.24) is 0 Å². The van der Waals surface area contributed by atoms with E-state index < -0.39 is 0 Å². The van der Waals surface area contributed by atoms with Crippen LogP contribution < -0.4 is 0 Å². The molecule has 1 saturated heterocycles. The molecular weight excluding hydrogens is 199 g/mol. The molecule has 0 aliphatic carbocycles. The van der Waals surface area contributed by atoms with Crippen molar-refractivity contribution in [3.63, 3.8) is 0 Å². The van der Waals surface area contributed by atoms with Crippen LogP contribution in [0.2, 0.25) is 5.32 Å². The molecule has 0 saturated carbocycles. The molecule has 0 spiro atoms. The van der Waals surface area contributed by atoms with Crippen LogP contribution in [0.4, 0.5) is 0 Å². The van der Waals surface area contributed by atoms with Crippen molar-refractivity contribution < 1.29 is 0 Å². The van der Waals surface area contributed by atoms with Crippen LogP contribution in [0.5, 0.6) is 0 Å². The van der Waals surface area contributed by atoms with Crippen LogP contribution in [0.3, 0.4) is 0 Å². The zero-order valence-corrected chi connectivity index (χ0v) is 8.37. The second kappa shape index (κ2) is 3.00. The van der Waals surface area contributed by atoms with Crippen molar-refractivity contribution in [1.29, 1.82) is 0 Å². The number of hydrogen-bond donors (Lipinski definition) is 0. The third kappa shape index (κ3) is 1.36. The Kier molecular flexibility index (Phi) is 2.02. The molecule has 0 nitrogen and oxygen atoms in total. The molecule has 0 bridgehead atoms. The van der Waals surface area contributed by atoms with E-state index >= 15 is 0 Å². The van der Waals surface area contributed by atoms with Crippen molar-refractivity contribution in [3.05, 3.63) is 35.9 Å². The average molecular weight is 211 g/mol. The third-order valence-electron chi connectivity index (χ3n) is 2.18. The van der Waals surface area contributed by atoms with E-state index in [1.807, 2.05) is 0 Å². The summed E-state index contributed by atoms with van der Waals surface area (Å²) in [4.78, 5) is 0.920. The molecule has 1 heteroatoms. The Morgan fingerprint density at radius 2 is 2.00 bits per heavy atom. The van der Waals surface area contributed by atoms with Gasteiger partial charge in [0.05, 0.1) is 0 Å². The van der Waals surface area contributed by atoms with Crippen molar-refractivity contribution in [3.8, 4) is 0 Å². The quantitative estimate of drug-likeness (QED) is 0.626. The average Bonchev–Trinajstić information content (AvgIpc) is 2.04. The number of benzene rings is 1. The molecule has 2 rings (SSSR count). The van der Waals surface area contributed by atoms with E-state index in [-0.39, 0.29) is 0 Å². The number of rotatable bonds is 1. The van der Waals surface area contributed by atoms with Gasteiger partial charge in [0.1, 0.15) is 0 Å². The Balaban J connectivity index is 2.17.